The number of likely N-dealkylation sites (tertiary alicyclic amines) is 1. The van der Waals surface area contributed by atoms with Crippen LogP contribution in [-0.4, -0.2) is 53.0 Å². The smallest absolute Gasteiger partial charge is 0.383 e. The van der Waals surface area contributed by atoms with E-state index in [0.29, 0.717) is 29.0 Å². The van der Waals surface area contributed by atoms with Crippen LogP contribution in [0, 0.1) is 11.8 Å². The van der Waals surface area contributed by atoms with E-state index in [2.05, 4.69) is 15.0 Å². The number of pyridine rings is 1. The maximum Gasteiger partial charge on any atom is 0.419 e. The number of rotatable bonds is 6. The molecule has 0 amide bonds. The zero-order chi connectivity index (χ0) is 20.9. The third kappa shape index (κ3) is 3.73. The van der Waals surface area contributed by atoms with Crippen molar-refractivity contribution in [2.75, 3.05) is 39.1 Å². The SMILES string of the molecule is COCCN1C[C@@H]2[C@H](C1)[C@@H]2c1cc(-c2cnc(N)c(C(F)(F)F)c2)nn1C(C)C. The van der Waals surface area contributed by atoms with Crippen LogP contribution in [0.1, 0.15) is 37.1 Å². The van der Waals surface area contributed by atoms with Crippen molar-refractivity contribution < 1.29 is 17.9 Å². The van der Waals surface area contributed by atoms with Crippen molar-refractivity contribution in [1.82, 2.24) is 19.7 Å². The van der Waals surface area contributed by atoms with Gasteiger partial charge < -0.3 is 15.4 Å². The highest BCUT2D eigenvalue weighted by molar-refractivity contribution is 5.63. The first kappa shape index (κ1) is 20.2. The average molecular weight is 409 g/mol. The lowest BCUT2D eigenvalue weighted by Gasteiger charge is -2.19. The van der Waals surface area contributed by atoms with Gasteiger partial charge in [-0.2, -0.15) is 18.3 Å². The van der Waals surface area contributed by atoms with E-state index in [-0.39, 0.29) is 6.04 Å². The molecule has 1 aliphatic heterocycles. The van der Waals surface area contributed by atoms with Gasteiger partial charge >= 0.3 is 6.18 Å². The molecule has 9 heteroatoms. The van der Waals surface area contributed by atoms with Crippen molar-refractivity contribution >= 4 is 5.82 Å². The molecule has 2 fully saturated rings. The van der Waals surface area contributed by atoms with Gasteiger partial charge in [-0.3, -0.25) is 4.68 Å². The number of nitrogens with two attached hydrogens (primary N) is 1. The van der Waals surface area contributed by atoms with E-state index < -0.39 is 17.6 Å². The van der Waals surface area contributed by atoms with Crippen LogP contribution in [0.3, 0.4) is 0 Å². The van der Waals surface area contributed by atoms with Gasteiger partial charge in [-0.15, -0.1) is 0 Å². The number of halogens is 3. The number of nitrogen functional groups attached to an aromatic ring is 1. The summed E-state index contributed by atoms with van der Waals surface area (Å²) in [7, 11) is 1.71. The van der Waals surface area contributed by atoms with E-state index in [0.717, 1.165) is 38.0 Å². The lowest BCUT2D eigenvalue weighted by Crippen LogP contribution is -2.28. The van der Waals surface area contributed by atoms with E-state index >= 15 is 0 Å². The van der Waals surface area contributed by atoms with Crippen molar-refractivity contribution in [3.63, 3.8) is 0 Å². The summed E-state index contributed by atoms with van der Waals surface area (Å²) in [5.41, 5.74) is 6.45. The summed E-state index contributed by atoms with van der Waals surface area (Å²) in [5.74, 6) is 1.03. The van der Waals surface area contributed by atoms with Gasteiger partial charge in [0.2, 0.25) is 0 Å². The molecule has 0 radical (unpaired) electrons. The van der Waals surface area contributed by atoms with Crippen molar-refractivity contribution in [2.24, 2.45) is 11.8 Å². The monoisotopic (exact) mass is 409 g/mol. The Kier molecular flexibility index (Phi) is 5.06. The van der Waals surface area contributed by atoms with Crippen molar-refractivity contribution in [3.05, 3.63) is 29.6 Å². The fourth-order valence-electron chi connectivity index (χ4n) is 4.51. The lowest BCUT2D eigenvalue weighted by molar-refractivity contribution is -0.137. The first-order chi connectivity index (χ1) is 13.7. The maximum atomic E-state index is 13.2. The first-order valence-electron chi connectivity index (χ1n) is 9.84. The Morgan fingerprint density at radius 3 is 2.52 bits per heavy atom. The molecule has 1 aliphatic carbocycles. The molecule has 3 atom stereocenters. The summed E-state index contributed by atoms with van der Waals surface area (Å²) < 4.78 is 46.8. The first-order valence-corrected chi connectivity index (χ1v) is 9.84. The van der Waals surface area contributed by atoms with E-state index in [4.69, 9.17) is 10.5 Å². The van der Waals surface area contributed by atoms with Gasteiger partial charge in [0.25, 0.3) is 0 Å². The molecule has 0 unspecified atom stereocenters. The van der Waals surface area contributed by atoms with Crippen LogP contribution in [-0.2, 0) is 10.9 Å². The van der Waals surface area contributed by atoms with Gasteiger partial charge in [0.05, 0.1) is 17.9 Å². The Morgan fingerprint density at radius 2 is 1.93 bits per heavy atom. The Balaban J connectivity index is 1.60. The Bertz CT molecular complexity index is 883. The number of nitrogens with zero attached hydrogens (tertiary/aromatic N) is 4. The van der Waals surface area contributed by atoms with Crippen molar-refractivity contribution in [1.29, 1.82) is 0 Å². The van der Waals surface area contributed by atoms with Crippen LogP contribution in [0.4, 0.5) is 19.0 Å². The summed E-state index contributed by atoms with van der Waals surface area (Å²) in [6.45, 7) is 7.78. The summed E-state index contributed by atoms with van der Waals surface area (Å²) in [4.78, 5) is 6.16. The normalized spacial score (nSPS) is 24.3. The van der Waals surface area contributed by atoms with E-state index in [1.54, 1.807) is 7.11 Å². The number of fused-ring (bicyclic) bond motifs is 1. The van der Waals surface area contributed by atoms with Crippen LogP contribution in [0.25, 0.3) is 11.3 Å². The molecule has 0 spiro atoms. The molecule has 6 nitrogen and oxygen atoms in total. The Hall–Kier alpha value is -2.13. The highest BCUT2D eigenvalue weighted by Crippen LogP contribution is 2.58. The molecule has 158 valence electrons. The second kappa shape index (κ2) is 7.28. The quantitative estimate of drug-likeness (QED) is 0.792. The predicted molar refractivity (Wildman–Crippen MR) is 103 cm³/mol. The predicted octanol–water partition coefficient (Wildman–Crippen LogP) is 3.42. The molecule has 1 saturated carbocycles. The number of ether oxygens (including phenoxy) is 1. The van der Waals surface area contributed by atoms with Crippen LogP contribution < -0.4 is 5.73 Å². The number of anilines is 1. The average Bonchev–Trinajstić information content (AvgIpc) is 3.00. The molecule has 2 aromatic heterocycles. The second-order valence-corrected chi connectivity index (χ2v) is 8.25. The zero-order valence-corrected chi connectivity index (χ0v) is 16.8. The minimum Gasteiger partial charge on any atom is -0.383 e. The number of aromatic nitrogens is 3. The minimum atomic E-state index is -4.55. The van der Waals surface area contributed by atoms with Gasteiger partial charge in [-0.25, -0.2) is 4.98 Å². The van der Waals surface area contributed by atoms with Gasteiger partial charge in [-0.05, 0) is 37.8 Å². The number of alkyl halides is 3. The molecule has 0 aromatic carbocycles. The van der Waals surface area contributed by atoms with E-state index in [9.17, 15) is 13.2 Å². The molecule has 0 bridgehead atoms. The third-order valence-corrected chi connectivity index (χ3v) is 6.00. The number of hydrogen-bond acceptors (Lipinski definition) is 5. The van der Waals surface area contributed by atoms with Crippen LogP contribution in [0.15, 0.2) is 18.3 Å². The molecular weight excluding hydrogens is 383 g/mol. The van der Waals surface area contributed by atoms with Crippen LogP contribution in [0.5, 0.6) is 0 Å². The van der Waals surface area contributed by atoms with E-state index in [1.165, 1.54) is 6.20 Å². The standard InChI is InChI=1S/C20H26F3N5O/c1-11(2)28-17(18-13-9-27(4-5-29-3)10-14(13)18)7-16(26-28)12-6-15(20(21,22)23)19(24)25-8-12/h6-8,11,13-14,18H,4-5,9-10H2,1-3H3,(H2,24,25)/t13-,14+,18-. The van der Waals surface area contributed by atoms with Gasteiger partial charge in [0.15, 0.2) is 0 Å². The highest BCUT2D eigenvalue weighted by atomic mass is 19.4. The lowest BCUT2D eigenvalue weighted by atomic mass is 10.1. The zero-order valence-electron chi connectivity index (χ0n) is 16.8. The minimum absolute atomic E-state index is 0.119. The molecule has 4 rings (SSSR count). The Labute approximate surface area is 167 Å². The molecule has 3 heterocycles. The third-order valence-electron chi connectivity index (χ3n) is 6.00. The molecule has 2 aliphatic rings. The van der Waals surface area contributed by atoms with Crippen molar-refractivity contribution in [2.45, 2.75) is 32.0 Å². The molecular formula is C20H26F3N5O. The summed E-state index contributed by atoms with van der Waals surface area (Å²) in [5, 5.41) is 4.62. The number of methoxy groups -OCH3 is 1. The maximum absolute atomic E-state index is 13.2. The highest BCUT2D eigenvalue weighted by Gasteiger charge is 2.57. The summed E-state index contributed by atoms with van der Waals surface area (Å²) in [6.07, 6.45) is -3.18. The van der Waals surface area contributed by atoms with Gasteiger partial charge in [-0.1, -0.05) is 0 Å². The fourth-order valence-corrected chi connectivity index (χ4v) is 4.51. The molecule has 2 aromatic rings. The fraction of sp³-hybridized carbons (Fsp3) is 0.600. The van der Waals surface area contributed by atoms with Gasteiger partial charge in [0, 0.05) is 56.2 Å². The molecule has 29 heavy (non-hydrogen) atoms. The van der Waals surface area contributed by atoms with Gasteiger partial charge in [0.1, 0.15) is 5.82 Å². The topological polar surface area (TPSA) is 69.2 Å². The second-order valence-electron chi connectivity index (χ2n) is 8.25. The summed E-state index contributed by atoms with van der Waals surface area (Å²) >= 11 is 0. The van der Waals surface area contributed by atoms with Crippen LogP contribution >= 0.6 is 0 Å². The molecule has 1 saturated heterocycles. The van der Waals surface area contributed by atoms with Crippen molar-refractivity contribution in [3.8, 4) is 11.3 Å². The summed E-state index contributed by atoms with van der Waals surface area (Å²) in [6, 6.07) is 3.09. The Morgan fingerprint density at radius 1 is 1.24 bits per heavy atom. The van der Waals surface area contributed by atoms with E-state index in [1.807, 2.05) is 24.6 Å². The molecule has 2 N–H and O–H groups in total. The number of hydrogen-bond donors (Lipinski definition) is 1. The number of piperidine rings is 1. The van der Waals surface area contributed by atoms with Crippen LogP contribution in [0.2, 0.25) is 0 Å². The largest absolute Gasteiger partial charge is 0.419 e.